The molecule has 20 heavy (non-hydrogen) atoms. The summed E-state index contributed by atoms with van der Waals surface area (Å²) in [6, 6.07) is 1.88. The minimum Gasteiger partial charge on any atom is -0.350 e. The Hall–Kier alpha value is -1.63. The van der Waals surface area contributed by atoms with Gasteiger partial charge in [0.25, 0.3) is 5.91 Å². The normalized spacial score (nSPS) is 12.3. The van der Waals surface area contributed by atoms with Crippen molar-refractivity contribution in [1.82, 2.24) is 10.3 Å². The molecule has 4 nitrogen and oxygen atoms in total. The number of carbonyl (C=O) groups excluding carboxylic acids is 1. The fourth-order valence-corrected chi connectivity index (χ4v) is 1.55. The number of hydrogen-bond acceptors (Lipinski definition) is 3. The quantitative estimate of drug-likeness (QED) is 0.874. The molecule has 1 rings (SSSR count). The van der Waals surface area contributed by atoms with E-state index >= 15 is 0 Å². The molecule has 0 bridgehead atoms. The molecule has 1 aromatic rings. The Kier molecular flexibility index (Phi) is 5.10. The summed E-state index contributed by atoms with van der Waals surface area (Å²) < 4.78 is 37.0. The lowest BCUT2D eigenvalue weighted by atomic mass is 9.94. The zero-order chi connectivity index (χ0) is 15.4. The molecule has 0 spiro atoms. The fourth-order valence-electron chi connectivity index (χ4n) is 1.55. The largest absolute Gasteiger partial charge is 0.433 e. The van der Waals surface area contributed by atoms with Crippen molar-refractivity contribution in [3.05, 3.63) is 29.6 Å². The van der Waals surface area contributed by atoms with Crippen LogP contribution in [0, 0.1) is 0 Å². The second-order valence-corrected chi connectivity index (χ2v) is 4.68. The molecule has 112 valence electrons. The number of hydrogen-bond donors (Lipinski definition) is 2. The molecular weight excluding hydrogens is 271 g/mol. The highest BCUT2D eigenvalue weighted by atomic mass is 19.4. The average Bonchev–Trinajstić information content (AvgIpc) is 2.43. The van der Waals surface area contributed by atoms with Gasteiger partial charge in [-0.25, -0.2) is 0 Å². The van der Waals surface area contributed by atoms with Gasteiger partial charge in [-0.1, -0.05) is 13.8 Å². The maximum Gasteiger partial charge on any atom is 0.433 e. The summed E-state index contributed by atoms with van der Waals surface area (Å²) in [5.74, 6) is -0.483. The minimum atomic E-state index is -4.51. The molecule has 1 aromatic heterocycles. The van der Waals surface area contributed by atoms with Crippen molar-refractivity contribution >= 4 is 5.91 Å². The van der Waals surface area contributed by atoms with Crippen molar-refractivity contribution < 1.29 is 18.0 Å². The summed E-state index contributed by atoms with van der Waals surface area (Å²) in [7, 11) is 0. The molecule has 0 saturated heterocycles. The number of aromatic nitrogens is 1. The van der Waals surface area contributed by atoms with E-state index in [-0.39, 0.29) is 12.1 Å². The van der Waals surface area contributed by atoms with Gasteiger partial charge in [-0.15, -0.1) is 0 Å². The number of nitrogens with two attached hydrogens (primary N) is 1. The van der Waals surface area contributed by atoms with Crippen LogP contribution in [0.25, 0.3) is 0 Å². The van der Waals surface area contributed by atoms with Gasteiger partial charge in [0.2, 0.25) is 0 Å². The molecule has 0 aliphatic rings. The molecule has 0 unspecified atom stereocenters. The van der Waals surface area contributed by atoms with Gasteiger partial charge in [-0.3, -0.25) is 9.78 Å². The maximum absolute atomic E-state index is 12.3. The smallest absolute Gasteiger partial charge is 0.350 e. The molecule has 1 amide bonds. The van der Waals surface area contributed by atoms with Gasteiger partial charge < -0.3 is 11.1 Å². The van der Waals surface area contributed by atoms with Crippen LogP contribution >= 0.6 is 0 Å². The summed E-state index contributed by atoms with van der Waals surface area (Å²) in [5, 5.41) is 2.61. The highest BCUT2D eigenvalue weighted by Crippen LogP contribution is 2.27. The van der Waals surface area contributed by atoms with Gasteiger partial charge in [0, 0.05) is 18.3 Å². The van der Waals surface area contributed by atoms with Crippen LogP contribution in [0.15, 0.2) is 18.3 Å². The third-order valence-electron chi connectivity index (χ3n) is 3.33. The van der Waals surface area contributed by atoms with E-state index in [0.717, 1.165) is 18.3 Å². The second kappa shape index (κ2) is 6.21. The summed E-state index contributed by atoms with van der Waals surface area (Å²) >= 11 is 0. The Morgan fingerprint density at radius 1 is 1.30 bits per heavy atom. The lowest BCUT2D eigenvalue weighted by Gasteiger charge is -2.26. The Bertz CT molecular complexity index is 453. The van der Waals surface area contributed by atoms with Crippen LogP contribution in [0.4, 0.5) is 13.2 Å². The van der Waals surface area contributed by atoms with Crippen LogP contribution < -0.4 is 11.1 Å². The summed E-state index contributed by atoms with van der Waals surface area (Å²) in [5.41, 5.74) is 4.57. The van der Waals surface area contributed by atoms with E-state index in [0.29, 0.717) is 12.8 Å². The summed E-state index contributed by atoms with van der Waals surface area (Å²) in [6.07, 6.45) is -2.22. The number of halogens is 3. The monoisotopic (exact) mass is 289 g/mol. The summed E-state index contributed by atoms with van der Waals surface area (Å²) in [4.78, 5) is 15.0. The Morgan fingerprint density at radius 3 is 2.30 bits per heavy atom. The number of alkyl halides is 3. The predicted molar refractivity (Wildman–Crippen MR) is 69.1 cm³/mol. The van der Waals surface area contributed by atoms with E-state index in [1.807, 2.05) is 13.8 Å². The van der Waals surface area contributed by atoms with Crippen molar-refractivity contribution in [3.63, 3.8) is 0 Å². The standard InChI is InChI=1S/C13H18F3N3O/c1-3-12(17,4-2)8-19-11(20)9-5-6-10(18-7-9)13(14,15)16/h5-7H,3-4,8,17H2,1-2H3,(H,19,20). The zero-order valence-electron chi connectivity index (χ0n) is 11.4. The first-order valence-corrected chi connectivity index (χ1v) is 6.32. The molecule has 0 atom stereocenters. The number of nitrogens with zero attached hydrogens (tertiary/aromatic N) is 1. The molecule has 0 aliphatic carbocycles. The van der Waals surface area contributed by atoms with Crippen LogP contribution in [0.2, 0.25) is 0 Å². The van der Waals surface area contributed by atoms with Gasteiger partial charge in [0.15, 0.2) is 0 Å². The molecule has 0 radical (unpaired) electrons. The van der Waals surface area contributed by atoms with Gasteiger partial charge >= 0.3 is 6.18 Å². The van der Waals surface area contributed by atoms with Crippen LogP contribution in [0.3, 0.4) is 0 Å². The van der Waals surface area contributed by atoms with E-state index in [9.17, 15) is 18.0 Å². The first-order chi connectivity index (χ1) is 9.22. The van der Waals surface area contributed by atoms with E-state index in [1.54, 1.807) is 0 Å². The first kappa shape index (κ1) is 16.4. The number of amides is 1. The third kappa shape index (κ3) is 4.19. The molecule has 3 N–H and O–H groups in total. The van der Waals surface area contributed by atoms with Gasteiger partial charge in [-0.2, -0.15) is 13.2 Å². The van der Waals surface area contributed by atoms with E-state index in [4.69, 9.17) is 5.73 Å². The minimum absolute atomic E-state index is 0.0764. The number of pyridine rings is 1. The third-order valence-corrected chi connectivity index (χ3v) is 3.33. The highest BCUT2D eigenvalue weighted by molar-refractivity contribution is 5.93. The van der Waals surface area contributed by atoms with Crippen LogP contribution in [0.1, 0.15) is 42.7 Å². The van der Waals surface area contributed by atoms with Gasteiger partial charge in [0.05, 0.1) is 5.56 Å². The summed E-state index contributed by atoms with van der Waals surface area (Å²) in [6.45, 7) is 4.09. The number of nitrogens with one attached hydrogen (secondary N) is 1. The lowest BCUT2D eigenvalue weighted by Crippen LogP contribution is -2.49. The number of carbonyl (C=O) groups is 1. The maximum atomic E-state index is 12.3. The van der Waals surface area contributed by atoms with E-state index in [1.165, 1.54) is 0 Å². The molecule has 0 saturated carbocycles. The Morgan fingerprint density at radius 2 is 1.90 bits per heavy atom. The molecule has 7 heteroatoms. The Balaban J connectivity index is 2.70. The fraction of sp³-hybridized carbons (Fsp3) is 0.538. The molecular formula is C13H18F3N3O. The predicted octanol–water partition coefficient (Wildman–Crippen LogP) is 2.35. The highest BCUT2D eigenvalue weighted by Gasteiger charge is 2.32. The lowest BCUT2D eigenvalue weighted by molar-refractivity contribution is -0.141. The zero-order valence-corrected chi connectivity index (χ0v) is 11.4. The van der Waals surface area contributed by atoms with Crippen molar-refractivity contribution in [2.24, 2.45) is 5.73 Å². The van der Waals surface area contributed by atoms with E-state index in [2.05, 4.69) is 10.3 Å². The molecule has 1 heterocycles. The van der Waals surface area contributed by atoms with Crippen molar-refractivity contribution in [1.29, 1.82) is 0 Å². The van der Waals surface area contributed by atoms with Crippen LogP contribution in [-0.2, 0) is 6.18 Å². The molecule has 0 aliphatic heterocycles. The molecule has 0 fully saturated rings. The average molecular weight is 289 g/mol. The van der Waals surface area contributed by atoms with Crippen molar-refractivity contribution in [3.8, 4) is 0 Å². The van der Waals surface area contributed by atoms with Crippen molar-refractivity contribution in [2.75, 3.05) is 6.54 Å². The Labute approximate surface area is 115 Å². The first-order valence-electron chi connectivity index (χ1n) is 6.32. The van der Waals surface area contributed by atoms with Gasteiger partial charge in [-0.05, 0) is 25.0 Å². The van der Waals surface area contributed by atoms with Crippen molar-refractivity contribution in [2.45, 2.75) is 38.4 Å². The van der Waals surface area contributed by atoms with Crippen LogP contribution in [-0.4, -0.2) is 23.0 Å². The SMILES string of the molecule is CCC(N)(CC)CNC(=O)c1ccc(C(F)(F)F)nc1. The van der Waals surface area contributed by atoms with E-state index < -0.39 is 23.3 Å². The van der Waals surface area contributed by atoms with Crippen LogP contribution in [0.5, 0.6) is 0 Å². The topological polar surface area (TPSA) is 68.0 Å². The number of rotatable bonds is 5. The molecule has 0 aromatic carbocycles. The van der Waals surface area contributed by atoms with Gasteiger partial charge in [0.1, 0.15) is 5.69 Å². The second-order valence-electron chi connectivity index (χ2n) is 4.68.